The average Bonchev–Trinajstić information content (AvgIpc) is 2.64. The number of hydrogen-bond donors (Lipinski definition) is 2. The number of nitrogens with one attached hydrogen (secondary N) is 2. The first-order chi connectivity index (χ1) is 12.1. The number of hydrogen-bond acceptors (Lipinski definition) is 4. The van der Waals surface area contributed by atoms with E-state index in [4.69, 9.17) is 0 Å². The van der Waals surface area contributed by atoms with Crippen molar-refractivity contribution in [1.29, 1.82) is 0 Å². The van der Waals surface area contributed by atoms with Gasteiger partial charge in [0.2, 0.25) is 0 Å². The Labute approximate surface area is 154 Å². The zero-order valence-electron chi connectivity index (χ0n) is 13.7. The van der Waals surface area contributed by atoms with Crippen molar-refractivity contribution in [3.05, 3.63) is 82.3 Å². The molecule has 0 aliphatic heterocycles. The third-order valence-electron chi connectivity index (χ3n) is 3.65. The molecule has 0 spiro atoms. The van der Waals surface area contributed by atoms with E-state index < -0.39 is 0 Å². The topological polar surface area (TPSA) is 66.9 Å². The third kappa shape index (κ3) is 4.64. The van der Waals surface area contributed by atoms with Crippen LogP contribution in [0.5, 0.6) is 0 Å². The maximum Gasteiger partial charge on any atom is 0.274 e. The van der Waals surface area contributed by atoms with Gasteiger partial charge >= 0.3 is 0 Å². The number of pyridine rings is 2. The predicted octanol–water partition coefficient (Wildman–Crippen LogP) is 4.41. The van der Waals surface area contributed by atoms with Crippen molar-refractivity contribution in [2.75, 3.05) is 10.6 Å². The maximum atomic E-state index is 12.4. The quantitative estimate of drug-likeness (QED) is 0.669. The Bertz CT molecular complexity index is 884. The molecule has 2 aromatic heterocycles. The number of anilines is 2. The summed E-state index contributed by atoms with van der Waals surface area (Å²) < 4.78 is 1.01. The molecule has 0 bridgehead atoms. The molecule has 0 atom stereocenters. The summed E-state index contributed by atoms with van der Waals surface area (Å²) in [5.41, 5.74) is 4.11. The van der Waals surface area contributed by atoms with Crippen LogP contribution in [-0.4, -0.2) is 15.9 Å². The van der Waals surface area contributed by atoms with Gasteiger partial charge in [0.05, 0.1) is 0 Å². The molecule has 0 saturated carbocycles. The van der Waals surface area contributed by atoms with Crippen LogP contribution in [0.15, 0.2) is 65.5 Å². The van der Waals surface area contributed by atoms with Crippen LogP contribution >= 0.6 is 15.9 Å². The van der Waals surface area contributed by atoms with E-state index in [9.17, 15) is 4.79 Å². The lowest BCUT2D eigenvalue weighted by atomic mass is 10.2. The smallest absolute Gasteiger partial charge is 0.274 e. The van der Waals surface area contributed by atoms with Crippen molar-refractivity contribution < 1.29 is 4.79 Å². The molecule has 126 valence electrons. The first kappa shape index (κ1) is 17.1. The molecule has 0 unspecified atom stereocenters. The van der Waals surface area contributed by atoms with E-state index in [1.165, 1.54) is 0 Å². The van der Waals surface area contributed by atoms with Crippen molar-refractivity contribution in [3.63, 3.8) is 0 Å². The summed E-state index contributed by atoms with van der Waals surface area (Å²) >= 11 is 3.45. The molecule has 1 amide bonds. The second-order valence-electron chi connectivity index (χ2n) is 5.56. The molecule has 0 saturated heterocycles. The van der Waals surface area contributed by atoms with Gasteiger partial charge in [-0.2, -0.15) is 0 Å². The summed E-state index contributed by atoms with van der Waals surface area (Å²) in [5.74, 6) is -0.241. The van der Waals surface area contributed by atoms with Crippen LogP contribution < -0.4 is 10.6 Å². The molecular formula is C19H17BrN4O. The Hall–Kier alpha value is -2.73. The lowest BCUT2D eigenvalue weighted by Crippen LogP contribution is -2.14. The minimum absolute atomic E-state index is 0.241. The van der Waals surface area contributed by atoms with Gasteiger partial charge in [-0.3, -0.25) is 14.8 Å². The molecule has 5 nitrogen and oxygen atoms in total. The van der Waals surface area contributed by atoms with Gasteiger partial charge in [-0.05, 0) is 60.5 Å². The molecule has 3 rings (SSSR count). The molecular weight excluding hydrogens is 380 g/mol. The number of halogens is 1. The summed E-state index contributed by atoms with van der Waals surface area (Å²) in [6.45, 7) is 2.63. The Morgan fingerprint density at radius 2 is 1.84 bits per heavy atom. The molecule has 0 fully saturated rings. The SMILES string of the molecule is Cc1cc(NC(=O)c2cc(NCc3ccncc3)ccn2)ccc1Br. The van der Waals surface area contributed by atoms with E-state index >= 15 is 0 Å². The lowest BCUT2D eigenvalue weighted by Gasteiger charge is -2.09. The molecule has 2 heterocycles. The van der Waals surface area contributed by atoms with Gasteiger partial charge in [0, 0.05) is 41.0 Å². The summed E-state index contributed by atoms with van der Waals surface area (Å²) in [4.78, 5) is 20.6. The van der Waals surface area contributed by atoms with Crippen molar-refractivity contribution in [2.45, 2.75) is 13.5 Å². The summed E-state index contributed by atoms with van der Waals surface area (Å²) in [7, 11) is 0. The first-order valence-electron chi connectivity index (χ1n) is 7.78. The Kier molecular flexibility index (Phi) is 5.40. The monoisotopic (exact) mass is 396 g/mol. The van der Waals surface area contributed by atoms with Crippen LogP contribution in [0.2, 0.25) is 0 Å². The fourth-order valence-electron chi connectivity index (χ4n) is 2.29. The molecule has 0 aliphatic rings. The van der Waals surface area contributed by atoms with Gasteiger partial charge in [-0.1, -0.05) is 15.9 Å². The zero-order valence-corrected chi connectivity index (χ0v) is 15.2. The highest BCUT2D eigenvalue weighted by atomic mass is 79.9. The van der Waals surface area contributed by atoms with Gasteiger partial charge in [0.25, 0.3) is 5.91 Å². The van der Waals surface area contributed by atoms with E-state index in [0.29, 0.717) is 12.2 Å². The van der Waals surface area contributed by atoms with Crippen LogP contribution in [0.25, 0.3) is 0 Å². The summed E-state index contributed by atoms with van der Waals surface area (Å²) in [6.07, 6.45) is 5.13. The fraction of sp³-hybridized carbons (Fsp3) is 0.105. The van der Waals surface area contributed by atoms with Gasteiger partial charge in [0.15, 0.2) is 0 Å². The Morgan fingerprint density at radius 3 is 2.60 bits per heavy atom. The molecule has 0 aliphatic carbocycles. The number of amides is 1. The average molecular weight is 397 g/mol. The lowest BCUT2D eigenvalue weighted by molar-refractivity contribution is 0.102. The van der Waals surface area contributed by atoms with Crippen molar-refractivity contribution in [3.8, 4) is 0 Å². The normalized spacial score (nSPS) is 10.3. The van der Waals surface area contributed by atoms with Crippen LogP contribution in [0.1, 0.15) is 21.6 Å². The highest BCUT2D eigenvalue weighted by Crippen LogP contribution is 2.20. The number of aromatic nitrogens is 2. The van der Waals surface area contributed by atoms with Crippen LogP contribution in [0.4, 0.5) is 11.4 Å². The first-order valence-corrected chi connectivity index (χ1v) is 8.57. The van der Waals surface area contributed by atoms with Gasteiger partial charge < -0.3 is 10.6 Å². The number of aryl methyl sites for hydroxylation is 1. The largest absolute Gasteiger partial charge is 0.381 e. The van der Waals surface area contributed by atoms with E-state index in [-0.39, 0.29) is 5.91 Å². The second-order valence-corrected chi connectivity index (χ2v) is 6.41. The zero-order chi connectivity index (χ0) is 17.6. The van der Waals surface area contributed by atoms with Crippen molar-refractivity contribution in [2.24, 2.45) is 0 Å². The standard InChI is InChI=1S/C19H17BrN4O/c1-13-10-16(2-3-17(13)20)24-19(25)18-11-15(6-9-22-18)23-12-14-4-7-21-8-5-14/h2-11H,12H2,1H3,(H,22,23)(H,24,25). The Morgan fingerprint density at radius 1 is 1.04 bits per heavy atom. The van der Waals surface area contributed by atoms with Gasteiger partial charge in [-0.25, -0.2) is 0 Å². The highest BCUT2D eigenvalue weighted by Gasteiger charge is 2.09. The highest BCUT2D eigenvalue weighted by molar-refractivity contribution is 9.10. The van der Waals surface area contributed by atoms with Crippen LogP contribution in [0, 0.1) is 6.92 Å². The molecule has 2 N–H and O–H groups in total. The van der Waals surface area contributed by atoms with Crippen molar-refractivity contribution in [1.82, 2.24) is 9.97 Å². The van der Waals surface area contributed by atoms with Gasteiger partial charge in [-0.15, -0.1) is 0 Å². The molecule has 6 heteroatoms. The minimum atomic E-state index is -0.241. The number of nitrogens with zero attached hydrogens (tertiary/aromatic N) is 2. The summed E-state index contributed by atoms with van der Waals surface area (Å²) in [6, 6.07) is 13.1. The fourth-order valence-corrected chi connectivity index (χ4v) is 2.53. The Balaban J connectivity index is 1.67. The van der Waals surface area contributed by atoms with E-state index in [0.717, 1.165) is 27.0 Å². The third-order valence-corrected chi connectivity index (χ3v) is 4.54. The van der Waals surface area contributed by atoms with E-state index in [2.05, 4.69) is 36.5 Å². The molecule has 25 heavy (non-hydrogen) atoms. The second kappa shape index (κ2) is 7.90. The van der Waals surface area contributed by atoms with Crippen LogP contribution in [0.3, 0.4) is 0 Å². The minimum Gasteiger partial charge on any atom is -0.381 e. The number of carbonyl (C=O) groups excluding carboxylic acids is 1. The number of rotatable bonds is 5. The number of carbonyl (C=O) groups is 1. The van der Waals surface area contributed by atoms with Crippen molar-refractivity contribution >= 4 is 33.2 Å². The van der Waals surface area contributed by atoms with E-state index in [1.54, 1.807) is 24.7 Å². The molecule has 1 aromatic carbocycles. The van der Waals surface area contributed by atoms with E-state index in [1.807, 2.05) is 43.3 Å². The predicted molar refractivity (Wildman–Crippen MR) is 103 cm³/mol. The molecule has 3 aromatic rings. The van der Waals surface area contributed by atoms with Crippen LogP contribution in [-0.2, 0) is 6.54 Å². The molecule has 0 radical (unpaired) electrons. The summed E-state index contributed by atoms with van der Waals surface area (Å²) in [5, 5.41) is 6.15. The van der Waals surface area contributed by atoms with Gasteiger partial charge in [0.1, 0.15) is 5.69 Å². The number of benzene rings is 1. The maximum absolute atomic E-state index is 12.4.